The van der Waals surface area contributed by atoms with Crippen molar-refractivity contribution in [2.75, 3.05) is 0 Å². The van der Waals surface area contributed by atoms with Crippen LogP contribution in [-0.4, -0.2) is 27.8 Å². The minimum absolute atomic E-state index is 0.0762. The van der Waals surface area contributed by atoms with Gasteiger partial charge in [0.15, 0.2) is 11.6 Å². The molecule has 2 fully saturated rings. The van der Waals surface area contributed by atoms with Gasteiger partial charge in [-0.05, 0) is 44.6 Å². The van der Waals surface area contributed by atoms with Gasteiger partial charge in [-0.25, -0.2) is 9.18 Å². The Morgan fingerprint density at radius 1 is 1.19 bits per heavy atom. The van der Waals surface area contributed by atoms with Gasteiger partial charge in [0.05, 0.1) is 11.6 Å². The summed E-state index contributed by atoms with van der Waals surface area (Å²) in [6.07, 6.45) is 6.31. The number of benzene rings is 1. The largest absolute Gasteiger partial charge is 0.487 e. The molecule has 7 heteroatoms. The highest BCUT2D eigenvalue weighted by molar-refractivity contribution is 5.93. The Labute approximate surface area is 149 Å². The fourth-order valence-corrected chi connectivity index (χ4v) is 3.63. The van der Waals surface area contributed by atoms with Crippen LogP contribution in [0.1, 0.15) is 54.9 Å². The lowest BCUT2D eigenvalue weighted by molar-refractivity contribution is 0.0695. The van der Waals surface area contributed by atoms with Crippen LogP contribution in [0.3, 0.4) is 0 Å². The zero-order valence-corrected chi connectivity index (χ0v) is 14.3. The first-order valence-electron chi connectivity index (χ1n) is 8.98. The highest BCUT2D eigenvalue weighted by Crippen LogP contribution is 2.38. The Morgan fingerprint density at radius 3 is 2.50 bits per heavy atom. The second-order valence-corrected chi connectivity index (χ2v) is 7.27. The van der Waals surface area contributed by atoms with Crippen LogP contribution >= 0.6 is 0 Å². The van der Waals surface area contributed by atoms with E-state index in [9.17, 15) is 19.1 Å². The van der Waals surface area contributed by atoms with Crippen molar-refractivity contribution in [3.63, 3.8) is 0 Å². The third-order valence-corrected chi connectivity index (χ3v) is 5.27. The average Bonchev–Trinajstić information content (AvgIpc) is 3.43. The van der Waals surface area contributed by atoms with Gasteiger partial charge in [0, 0.05) is 29.7 Å². The van der Waals surface area contributed by atoms with E-state index in [1.54, 1.807) is 4.57 Å². The van der Waals surface area contributed by atoms with Crippen LogP contribution in [0.4, 0.5) is 4.39 Å². The second kappa shape index (κ2) is 6.39. The molecule has 0 unspecified atom stereocenters. The summed E-state index contributed by atoms with van der Waals surface area (Å²) in [6.45, 7) is 0. The molecular weight excluding hydrogens is 339 g/mol. The highest BCUT2D eigenvalue weighted by Gasteiger charge is 2.28. The molecule has 2 aliphatic carbocycles. The van der Waals surface area contributed by atoms with E-state index < -0.39 is 17.2 Å². The number of pyridine rings is 1. The monoisotopic (exact) mass is 360 g/mol. The Kier molecular flexibility index (Phi) is 4.19. The number of hydrogen-bond donors (Lipinski definition) is 2. The first kappa shape index (κ1) is 17.0. The molecule has 3 N–H and O–H groups in total. The van der Waals surface area contributed by atoms with Crippen LogP contribution in [0.25, 0.3) is 10.9 Å². The molecule has 2 aromatic rings. The van der Waals surface area contributed by atoms with E-state index >= 15 is 0 Å². The summed E-state index contributed by atoms with van der Waals surface area (Å²) in [5.74, 6) is -1.84. The van der Waals surface area contributed by atoms with E-state index in [0.717, 1.165) is 44.6 Å². The molecule has 138 valence electrons. The zero-order chi connectivity index (χ0) is 18.4. The summed E-state index contributed by atoms with van der Waals surface area (Å²) in [5.41, 5.74) is 5.41. The van der Waals surface area contributed by atoms with Crippen molar-refractivity contribution in [3.8, 4) is 5.75 Å². The van der Waals surface area contributed by atoms with Gasteiger partial charge < -0.3 is 20.1 Å². The zero-order valence-electron chi connectivity index (χ0n) is 14.3. The summed E-state index contributed by atoms with van der Waals surface area (Å²) in [5, 5.41) is 9.35. The fourth-order valence-electron chi connectivity index (χ4n) is 3.63. The van der Waals surface area contributed by atoms with Crippen molar-refractivity contribution in [1.29, 1.82) is 0 Å². The maximum Gasteiger partial charge on any atom is 0.341 e. The SMILES string of the molecule is NC1CCC(Oc2cc3c(cc2F)c(=O)c(C(=O)O)cn3C2CC2)CC1. The third kappa shape index (κ3) is 3.07. The topological polar surface area (TPSA) is 94.6 Å². The lowest BCUT2D eigenvalue weighted by Crippen LogP contribution is -2.31. The van der Waals surface area contributed by atoms with Gasteiger partial charge in [0.25, 0.3) is 0 Å². The lowest BCUT2D eigenvalue weighted by atomic mass is 9.94. The maximum atomic E-state index is 14.6. The molecule has 4 rings (SSSR count). The molecular formula is C19H21FN2O4. The number of nitrogens with two attached hydrogens (primary N) is 1. The first-order valence-corrected chi connectivity index (χ1v) is 8.98. The van der Waals surface area contributed by atoms with Gasteiger partial charge in [0.1, 0.15) is 5.56 Å². The Balaban J connectivity index is 1.78. The van der Waals surface area contributed by atoms with Crippen molar-refractivity contribution >= 4 is 16.9 Å². The van der Waals surface area contributed by atoms with Crippen LogP contribution in [0, 0.1) is 5.82 Å². The van der Waals surface area contributed by atoms with Gasteiger partial charge in [-0.15, -0.1) is 0 Å². The number of carboxylic acids is 1. The molecule has 0 atom stereocenters. The maximum absolute atomic E-state index is 14.6. The fraction of sp³-hybridized carbons (Fsp3) is 0.474. The quantitative estimate of drug-likeness (QED) is 0.874. The number of fused-ring (bicyclic) bond motifs is 1. The molecule has 1 aromatic carbocycles. The molecule has 26 heavy (non-hydrogen) atoms. The van der Waals surface area contributed by atoms with Gasteiger partial charge in [-0.2, -0.15) is 0 Å². The van der Waals surface area contributed by atoms with Crippen molar-refractivity contribution in [3.05, 3.63) is 39.9 Å². The molecule has 0 spiro atoms. The minimum atomic E-state index is -1.30. The van der Waals surface area contributed by atoms with Crippen LogP contribution in [0.15, 0.2) is 23.1 Å². The highest BCUT2D eigenvalue weighted by atomic mass is 19.1. The van der Waals surface area contributed by atoms with Crippen molar-refractivity contribution in [1.82, 2.24) is 4.57 Å². The van der Waals surface area contributed by atoms with Gasteiger partial charge in [0.2, 0.25) is 5.43 Å². The third-order valence-electron chi connectivity index (χ3n) is 5.27. The molecule has 0 saturated heterocycles. The predicted molar refractivity (Wildman–Crippen MR) is 94.3 cm³/mol. The van der Waals surface area contributed by atoms with E-state index in [4.69, 9.17) is 10.5 Å². The first-order chi connectivity index (χ1) is 12.4. The predicted octanol–water partition coefficient (Wildman–Crippen LogP) is 2.82. The van der Waals surface area contributed by atoms with E-state index in [1.165, 1.54) is 12.3 Å². The van der Waals surface area contributed by atoms with Gasteiger partial charge >= 0.3 is 5.97 Å². The van der Waals surface area contributed by atoms with Crippen LogP contribution in [0.2, 0.25) is 0 Å². The summed E-state index contributed by atoms with van der Waals surface area (Å²) >= 11 is 0. The lowest BCUT2D eigenvalue weighted by Gasteiger charge is -2.27. The van der Waals surface area contributed by atoms with Crippen LogP contribution in [-0.2, 0) is 0 Å². The smallest absolute Gasteiger partial charge is 0.341 e. The van der Waals surface area contributed by atoms with Crippen molar-refractivity contribution in [2.24, 2.45) is 5.73 Å². The molecule has 6 nitrogen and oxygen atoms in total. The number of nitrogens with zero attached hydrogens (tertiary/aromatic N) is 1. The van der Waals surface area contributed by atoms with E-state index in [-0.39, 0.29) is 34.9 Å². The summed E-state index contributed by atoms with van der Waals surface area (Å²) in [4.78, 5) is 23.8. The number of aromatic carboxylic acids is 1. The molecule has 0 radical (unpaired) electrons. The summed E-state index contributed by atoms with van der Waals surface area (Å²) < 4.78 is 22.2. The number of carboxylic acid groups (broad SMARTS) is 1. The Bertz CT molecular complexity index is 927. The van der Waals surface area contributed by atoms with Gasteiger partial charge in [-0.3, -0.25) is 4.79 Å². The number of rotatable bonds is 4. The van der Waals surface area contributed by atoms with Gasteiger partial charge in [-0.1, -0.05) is 0 Å². The molecule has 2 saturated carbocycles. The van der Waals surface area contributed by atoms with E-state index in [1.807, 2.05) is 0 Å². The second-order valence-electron chi connectivity index (χ2n) is 7.27. The Hall–Kier alpha value is -2.41. The number of carbonyl (C=O) groups is 1. The molecule has 0 amide bonds. The summed E-state index contributed by atoms with van der Waals surface area (Å²) in [7, 11) is 0. The molecule has 1 aromatic heterocycles. The standard InChI is InChI=1S/C19H21FN2O4/c20-15-7-13-16(8-17(15)26-12-5-1-10(21)2-6-12)22(11-3-4-11)9-14(18(13)23)19(24)25/h7-12H,1-6,21H2,(H,24,25). The number of aromatic nitrogens is 1. The molecule has 0 bridgehead atoms. The molecule has 1 heterocycles. The number of halogens is 1. The average molecular weight is 360 g/mol. The summed E-state index contributed by atoms with van der Waals surface area (Å²) in [6, 6.07) is 2.95. The van der Waals surface area contributed by atoms with Crippen LogP contribution < -0.4 is 15.9 Å². The van der Waals surface area contributed by atoms with E-state index in [0.29, 0.717) is 5.52 Å². The molecule has 2 aliphatic rings. The normalized spacial score (nSPS) is 23.2. The number of ether oxygens (including phenoxy) is 1. The number of hydrogen-bond acceptors (Lipinski definition) is 4. The van der Waals surface area contributed by atoms with E-state index in [2.05, 4.69) is 0 Å². The molecule has 0 aliphatic heterocycles. The Morgan fingerprint density at radius 2 is 1.88 bits per heavy atom. The van der Waals surface area contributed by atoms with Crippen molar-refractivity contribution < 1.29 is 19.0 Å². The van der Waals surface area contributed by atoms with Crippen molar-refractivity contribution in [2.45, 2.75) is 56.7 Å². The minimum Gasteiger partial charge on any atom is -0.487 e. The van der Waals surface area contributed by atoms with Crippen LogP contribution in [0.5, 0.6) is 5.75 Å².